The zero-order chi connectivity index (χ0) is 11.7. The molecule has 2 nitrogen and oxygen atoms in total. The minimum atomic E-state index is 0.485. The van der Waals surface area contributed by atoms with Crippen molar-refractivity contribution >= 4 is 10.8 Å². The average Bonchev–Trinajstić information content (AvgIpc) is 2.86. The van der Waals surface area contributed by atoms with E-state index in [0.29, 0.717) is 6.04 Å². The molecule has 0 aliphatic carbocycles. The van der Waals surface area contributed by atoms with Gasteiger partial charge < -0.3 is 5.32 Å². The van der Waals surface area contributed by atoms with Gasteiger partial charge in [-0.05, 0) is 29.8 Å². The van der Waals surface area contributed by atoms with Gasteiger partial charge in [0.1, 0.15) is 0 Å². The Labute approximate surface area is 102 Å². The molecule has 1 aromatic heterocycles. The van der Waals surface area contributed by atoms with Gasteiger partial charge in [-0.15, -0.1) is 0 Å². The minimum absolute atomic E-state index is 0.485. The van der Waals surface area contributed by atoms with Crippen LogP contribution >= 0.6 is 0 Å². The van der Waals surface area contributed by atoms with Crippen LogP contribution in [0.1, 0.15) is 31.4 Å². The molecule has 1 N–H and O–H groups in total. The van der Waals surface area contributed by atoms with Gasteiger partial charge >= 0.3 is 0 Å². The molecule has 2 atom stereocenters. The van der Waals surface area contributed by atoms with Gasteiger partial charge in [0.15, 0.2) is 0 Å². The van der Waals surface area contributed by atoms with Crippen LogP contribution in [0, 0.1) is 5.92 Å². The standard InChI is InChI=1S/C15H18N2/c1-2-11-7-8-17-15(11)14-10-16-9-12-5-3-4-6-13(12)14/h3-6,9-11,15,17H,2,7-8H2,1H3. The molecular formula is C15H18N2. The molecule has 1 aromatic carbocycles. The van der Waals surface area contributed by atoms with Crippen LogP contribution in [0.4, 0.5) is 0 Å². The maximum Gasteiger partial charge on any atom is 0.0370 e. The van der Waals surface area contributed by atoms with Crippen molar-refractivity contribution in [2.75, 3.05) is 6.54 Å². The summed E-state index contributed by atoms with van der Waals surface area (Å²) in [5.41, 5.74) is 1.37. The topological polar surface area (TPSA) is 24.9 Å². The molecule has 0 saturated carbocycles. The normalized spacial score (nSPS) is 24.3. The van der Waals surface area contributed by atoms with E-state index in [9.17, 15) is 0 Å². The third-order valence-electron chi connectivity index (χ3n) is 3.91. The van der Waals surface area contributed by atoms with Crippen LogP contribution in [0.5, 0.6) is 0 Å². The molecule has 1 fully saturated rings. The second-order valence-electron chi connectivity index (χ2n) is 4.84. The molecule has 1 saturated heterocycles. The lowest BCUT2D eigenvalue weighted by atomic mass is 9.90. The smallest absolute Gasteiger partial charge is 0.0370 e. The highest BCUT2D eigenvalue weighted by Gasteiger charge is 2.27. The third kappa shape index (κ3) is 1.83. The van der Waals surface area contributed by atoms with Crippen LogP contribution in [-0.2, 0) is 0 Å². The van der Waals surface area contributed by atoms with Crippen LogP contribution in [-0.4, -0.2) is 11.5 Å². The number of nitrogens with zero attached hydrogens (tertiary/aromatic N) is 1. The van der Waals surface area contributed by atoms with Crippen molar-refractivity contribution in [3.05, 3.63) is 42.2 Å². The first-order valence-electron chi connectivity index (χ1n) is 6.46. The summed E-state index contributed by atoms with van der Waals surface area (Å²) in [5.74, 6) is 0.752. The predicted octanol–water partition coefficient (Wildman–Crippen LogP) is 3.30. The number of hydrogen-bond acceptors (Lipinski definition) is 2. The lowest BCUT2D eigenvalue weighted by Gasteiger charge is -2.19. The summed E-state index contributed by atoms with van der Waals surface area (Å²) >= 11 is 0. The van der Waals surface area contributed by atoms with Gasteiger partial charge in [0, 0.05) is 23.8 Å². The Hall–Kier alpha value is -1.41. The van der Waals surface area contributed by atoms with Crippen molar-refractivity contribution in [3.63, 3.8) is 0 Å². The van der Waals surface area contributed by atoms with E-state index in [1.54, 1.807) is 0 Å². The number of fused-ring (bicyclic) bond motifs is 1. The number of rotatable bonds is 2. The molecule has 88 valence electrons. The first-order chi connectivity index (χ1) is 8.40. The van der Waals surface area contributed by atoms with E-state index < -0.39 is 0 Å². The number of hydrogen-bond donors (Lipinski definition) is 1. The zero-order valence-corrected chi connectivity index (χ0v) is 10.2. The van der Waals surface area contributed by atoms with Crippen LogP contribution in [0.2, 0.25) is 0 Å². The molecule has 3 rings (SSSR count). The molecule has 0 amide bonds. The second-order valence-corrected chi connectivity index (χ2v) is 4.84. The molecular weight excluding hydrogens is 208 g/mol. The highest BCUT2D eigenvalue weighted by atomic mass is 15.0. The first-order valence-corrected chi connectivity index (χ1v) is 6.46. The van der Waals surface area contributed by atoms with Crippen molar-refractivity contribution in [1.82, 2.24) is 10.3 Å². The fourth-order valence-electron chi connectivity index (χ4n) is 2.95. The fourth-order valence-corrected chi connectivity index (χ4v) is 2.95. The molecule has 0 spiro atoms. The molecule has 2 aromatic rings. The van der Waals surface area contributed by atoms with Crippen molar-refractivity contribution in [2.24, 2.45) is 5.92 Å². The largest absolute Gasteiger partial charge is 0.310 e. The van der Waals surface area contributed by atoms with E-state index in [0.717, 1.165) is 12.5 Å². The molecule has 1 aliphatic heterocycles. The fraction of sp³-hybridized carbons (Fsp3) is 0.400. The van der Waals surface area contributed by atoms with Crippen molar-refractivity contribution in [1.29, 1.82) is 0 Å². The first kappa shape index (κ1) is 10.7. The molecule has 1 aliphatic rings. The number of pyridine rings is 1. The maximum absolute atomic E-state index is 4.39. The summed E-state index contributed by atoms with van der Waals surface area (Å²) in [4.78, 5) is 4.39. The predicted molar refractivity (Wildman–Crippen MR) is 70.9 cm³/mol. The maximum atomic E-state index is 4.39. The Morgan fingerprint density at radius 3 is 3.06 bits per heavy atom. The summed E-state index contributed by atoms with van der Waals surface area (Å²) < 4.78 is 0. The summed E-state index contributed by atoms with van der Waals surface area (Å²) in [7, 11) is 0. The quantitative estimate of drug-likeness (QED) is 0.850. The highest BCUT2D eigenvalue weighted by molar-refractivity contribution is 5.85. The average molecular weight is 226 g/mol. The zero-order valence-electron chi connectivity index (χ0n) is 10.2. The second kappa shape index (κ2) is 4.46. The molecule has 2 heterocycles. The Morgan fingerprint density at radius 2 is 2.18 bits per heavy atom. The lowest BCUT2D eigenvalue weighted by Crippen LogP contribution is -2.18. The van der Waals surface area contributed by atoms with Crippen molar-refractivity contribution in [2.45, 2.75) is 25.8 Å². The van der Waals surface area contributed by atoms with Gasteiger partial charge in [-0.3, -0.25) is 4.98 Å². The van der Waals surface area contributed by atoms with Crippen LogP contribution < -0.4 is 5.32 Å². The van der Waals surface area contributed by atoms with E-state index >= 15 is 0 Å². The van der Waals surface area contributed by atoms with E-state index in [1.165, 1.54) is 29.2 Å². The summed E-state index contributed by atoms with van der Waals surface area (Å²) in [6.45, 7) is 3.41. The Bertz CT molecular complexity index is 516. The van der Waals surface area contributed by atoms with Gasteiger partial charge in [-0.2, -0.15) is 0 Å². The van der Waals surface area contributed by atoms with Crippen LogP contribution in [0.25, 0.3) is 10.8 Å². The van der Waals surface area contributed by atoms with Crippen LogP contribution in [0.15, 0.2) is 36.7 Å². The lowest BCUT2D eigenvalue weighted by molar-refractivity contribution is 0.451. The van der Waals surface area contributed by atoms with Crippen LogP contribution in [0.3, 0.4) is 0 Å². The Balaban J connectivity index is 2.10. The van der Waals surface area contributed by atoms with E-state index in [2.05, 4.69) is 41.5 Å². The summed E-state index contributed by atoms with van der Waals surface area (Å²) in [6.07, 6.45) is 6.51. The van der Waals surface area contributed by atoms with Crippen molar-refractivity contribution < 1.29 is 0 Å². The Kier molecular flexibility index (Phi) is 2.81. The summed E-state index contributed by atoms with van der Waals surface area (Å²) in [5, 5.41) is 6.22. The third-order valence-corrected chi connectivity index (χ3v) is 3.91. The molecule has 0 bridgehead atoms. The minimum Gasteiger partial charge on any atom is -0.310 e. The number of nitrogens with one attached hydrogen (secondary N) is 1. The van der Waals surface area contributed by atoms with Gasteiger partial charge in [0.2, 0.25) is 0 Å². The van der Waals surface area contributed by atoms with Crippen molar-refractivity contribution in [3.8, 4) is 0 Å². The molecule has 0 radical (unpaired) electrons. The van der Waals surface area contributed by atoms with E-state index in [4.69, 9.17) is 0 Å². The van der Waals surface area contributed by atoms with Gasteiger partial charge in [0.05, 0.1) is 0 Å². The SMILES string of the molecule is CCC1CCNC1c1cncc2ccccc12. The number of aromatic nitrogens is 1. The van der Waals surface area contributed by atoms with Gasteiger partial charge in [-0.1, -0.05) is 37.6 Å². The van der Waals surface area contributed by atoms with E-state index in [1.807, 2.05) is 12.4 Å². The Morgan fingerprint density at radius 1 is 1.29 bits per heavy atom. The highest BCUT2D eigenvalue weighted by Crippen LogP contribution is 2.34. The molecule has 17 heavy (non-hydrogen) atoms. The summed E-state index contributed by atoms with van der Waals surface area (Å²) in [6, 6.07) is 9.02. The van der Waals surface area contributed by atoms with Gasteiger partial charge in [0.25, 0.3) is 0 Å². The monoisotopic (exact) mass is 226 g/mol. The molecule has 2 unspecified atom stereocenters. The van der Waals surface area contributed by atoms with Gasteiger partial charge in [-0.25, -0.2) is 0 Å². The number of benzene rings is 1. The van der Waals surface area contributed by atoms with E-state index in [-0.39, 0.29) is 0 Å². The molecule has 2 heteroatoms.